The second kappa shape index (κ2) is 6.47. The van der Waals surface area contributed by atoms with E-state index in [1.807, 2.05) is 31.2 Å². The van der Waals surface area contributed by atoms with Crippen molar-refractivity contribution in [3.63, 3.8) is 0 Å². The van der Waals surface area contributed by atoms with E-state index in [4.69, 9.17) is 4.74 Å². The van der Waals surface area contributed by atoms with Crippen molar-refractivity contribution < 1.29 is 9.13 Å². The van der Waals surface area contributed by atoms with Gasteiger partial charge < -0.3 is 10.1 Å². The van der Waals surface area contributed by atoms with Gasteiger partial charge >= 0.3 is 0 Å². The third-order valence-corrected chi connectivity index (χ3v) is 4.12. The maximum Gasteiger partial charge on any atom is 0.165 e. The van der Waals surface area contributed by atoms with Crippen molar-refractivity contribution >= 4 is 5.82 Å². The number of fused-ring (bicyclic) bond motifs is 1. The molecule has 0 radical (unpaired) electrons. The number of ether oxygens (including phenoxy) is 1. The van der Waals surface area contributed by atoms with Gasteiger partial charge in [0.25, 0.3) is 0 Å². The second-order valence-corrected chi connectivity index (χ2v) is 5.95. The van der Waals surface area contributed by atoms with Crippen molar-refractivity contribution in [3.05, 3.63) is 65.9 Å². The van der Waals surface area contributed by atoms with Gasteiger partial charge in [0.05, 0.1) is 12.6 Å². The Kier molecular flexibility index (Phi) is 4.01. The molecule has 1 atom stereocenters. The Morgan fingerprint density at radius 3 is 2.96 bits per heavy atom. The van der Waals surface area contributed by atoms with E-state index in [2.05, 4.69) is 20.3 Å². The van der Waals surface area contributed by atoms with E-state index in [-0.39, 0.29) is 11.9 Å². The predicted octanol–water partition coefficient (Wildman–Crippen LogP) is 3.92. The number of pyridine rings is 1. The summed E-state index contributed by atoms with van der Waals surface area (Å²) in [7, 11) is 0. The van der Waals surface area contributed by atoms with Gasteiger partial charge in [-0.1, -0.05) is 12.1 Å². The van der Waals surface area contributed by atoms with Gasteiger partial charge in [-0.05, 0) is 25.1 Å². The van der Waals surface area contributed by atoms with Gasteiger partial charge in [0.2, 0.25) is 0 Å². The zero-order valence-electron chi connectivity index (χ0n) is 13.7. The quantitative estimate of drug-likeness (QED) is 0.785. The van der Waals surface area contributed by atoms with Gasteiger partial charge in [-0.3, -0.25) is 4.98 Å². The molecule has 3 aromatic rings. The number of halogens is 1. The first-order valence-electron chi connectivity index (χ1n) is 8.14. The minimum absolute atomic E-state index is 0.0597. The van der Waals surface area contributed by atoms with Gasteiger partial charge in [0, 0.05) is 41.7 Å². The highest BCUT2D eigenvalue weighted by Gasteiger charge is 2.24. The third kappa shape index (κ3) is 3.15. The summed E-state index contributed by atoms with van der Waals surface area (Å²) in [5.74, 6) is 1.30. The third-order valence-electron chi connectivity index (χ3n) is 4.12. The summed E-state index contributed by atoms with van der Waals surface area (Å²) < 4.78 is 19.4. The number of hydrogen-bond acceptors (Lipinski definition) is 5. The average Bonchev–Trinajstić information content (AvgIpc) is 2.63. The number of aryl methyl sites for hydroxylation is 1. The van der Waals surface area contributed by atoms with Crippen molar-refractivity contribution in [1.82, 2.24) is 15.0 Å². The van der Waals surface area contributed by atoms with Crippen LogP contribution in [0.3, 0.4) is 0 Å². The molecule has 6 heteroatoms. The number of aromatic nitrogens is 3. The van der Waals surface area contributed by atoms with E-state index in [9.17, 15) is 4.39 Å². The Labute approximate surface area is 144 Å². The molecule has 5 nitrogen and oxygen atoms in total. The van der Waals surface area contributed by atoms with Crippen LogP contribution in [-0.4, -0.2) is 21.6 Å². The lowest BCUT2D eigenvalue weighted by Gasteiger charge is -2.27. The lowest BCUT2D eigenvalue weighted by atomic mass is 10.0. The molecule has 4 rings (SSSR count). The number of nitrogens with zero attached hydrogens (tertiary/aromatic N) is 3. The van der Waals surface area contributed by atoms with E-state index >= 15 is 0 Å². The van der Waals surface area contributed by atoms with Crippen molar-refractivity contribution in [1.29, 1.82) is 0 Å². The molecule has 1 N–H and O–H groups in total. The van der Waals surface area contributed by atoms with Gasteiger partial charge in [-0.25, -0.2) is 14.4 Å². The molecule has 0 aliphatic carbocycles. The normalized spacial score (nSPS) is 16.0. The number of para-hydroxylation sites is 1. The molecule has 1 aliphatic heterocycles. The average molecular weight is 336 g/mol. The van der Waals surface area contributed by atoms with Crippen molar-refractivity contribution in [3.8, 4) is 17.1 Å². The number of hydrogen-bond donors (Lipinski definition) is 1. The van der Waals surface area contributed by atoms with E-state index in [1.165, 1.54) is 6.07 Å². The fourth-order valence-corrected chi connectivity index (χ4v) is 2.98. The van der Waals surface area contributed by atoms with Crippen LogP contribution in [-0.2, 0) is 0 Å². The Morgan fingerprint density at radius 1 is 1.20 bits per heavy atom. The Morgan fingerprint density at radius 2 is 2.12 bits per heavy atom. The molecule has 2 aromatic heterocycles. The van der Waals surface area contributed by atoms with Crippen LogP contribution in [0.15, 0.2) is 48.8 Å². The van der Waals surface area contributed by atoms with Crippen LogP contribution in [0.5, 0.6) is 5.75 Å². The van der Waals surface area contributed by atoms with Crippen molar-refractivity contribution in [2.24, 2.45) is 0 Å². The molecule has 0 saturated heterocycles. The summed E-state index contributed by atoms with van der Waals surface area (Å²) in [6, 6.07) is 10.6. The molecule has 0 unspecified atom stereocenters. The van der Waals surface area contributed by atoms with Crippen LogP contribution in [0.1, 0.15) is 23.7 Å². The molecule has 0 fully saturated rings. The minimum Gasteiger partial charge on any atom is -0.490 e. The summed E-state index contributed by atoms with van der Waals surface area (Å²) in [6.07, 6.45) is 4.19. The lowest BCUT2D eigenvalue weighted by molar-refractivity contribution is 0.260. The van der Waals surface area contributed by atoms with E-state index in [1.54, 1.807) is 18.5 Å². The first-order chi connectivity index (χ1) is 12.2. The van der Waals surface area contributed by atoms with Crippen LogP contribution in [0, 0.1) is 12.7 Å². The molecule has 126 valence electrons. The highest BCUT2D eigenvalue weighted by molar-refractivity contribution is 5.57. The smallest absolute Gasteiger partial charge is 0.165 e. The van der Waals surface area contributed by atoms with Crippen LogP contribution in [0.25, 0.3) is 11.4 Å². The zero-order chi connectivity index (χ0) is 17.2. The Bertz CT molecular complexity index is 901. The minimum atomic E-state index is -0.334. The second-order valence-electron chi connectivity index (χ2n) is 5.95. The molecule has 0 bridgehead atoms. The lowest BCUT2D eigenvalue weighted by Crippen LogP contribution is -2.21. The first-order valence-corrected chi connectivity index (χ1v) is 8.14. The number of anilines is 1. The highest BCUT2D eigenvalue weighted by Crippen LogP contribution is 2.36. The van der Waals surface area contributed by atoms with E-state index in [0.29, 0.717) is 24.0 Å². The standard InChI is InChI=1S/C19H17FN4O/c1-12-10-17(24-19(22-12)13-4-3-8-21-11-13)23-16-7-9-25-18-14(16)5-2-6-15(18)20/h2-6,8,10-11,16H,7,9H2,1H3,(H,22,23,24)/t16-/m0/s1. The number of benzene rings is 1. The monoisotopic (exact) mass is 336 g/mol. The molecule has 0 spiro atoms. The van der Waals surface area contributed by atoms with E-state index < -0.39 is 0 Å². The summed E-state index contributed by atoms with van der Waals surface area (Å²) in [6.45, 7) is 2.38. The van der Waals surface area contributed by atoms with Crippen LogP contribution >= 0.6 is 0 Å². The maximum atomic E-state index is 13.9. The first kappa shape index (κ1) is 15.5. The highest BCUT2D eigenvalue weighted by atomic mass is 19.1. The fraction of sp³-hybridized carbons (Fsp3) is 0.211. The molecule has 3 heterocycles. The SMILES string of the molecule is Cc1cc(N[C@H]2CCOc3c(F)cccc32)nc(-c2cccnc2)n1. The van der Waals surface area contributed by atoms with Gasteiger partial charge in [0.15, 0.2) is 17.4 Å². The maximum absolute atomic E-state index is 13.9. The zero-order valence-corrected chi connectivity index (χ0v) is 13.7. The molecule has 25 heavy (non-hydrogen) atoms. The Balaban J connectivity index is 1.67. The summed E-state index contributed by atoms with van der Waals surface area (Å²) in [5, 5.41) is 3.40. The van der Waals surface area contributed by atoms with Crippen LogP contribution < -0.4 is 10.1 Å². The molecule has 1 aromatic carbocycles. The predicted molar refractivity (Wildman–Crippen MR) is 92.9 cm³/mol. The molecule has 0 amide bonds. The van der Waals surface area contributed by atoms with E-state index in [0.717, 1.165) is 23.2 Å². The molecule has 0 saturated carbocycles. The number of rotatable bonds is 3. The summed E-state index contributed by atoms with van der Waals surface area (Å²) in [5.41, 5.74) is 2.51. The van der Waals surface area contributed by atoms with Crippen LogP contribution in [0.4, 0.5) is 10.2 Å². The summed E-state index contributed by atoms with van der Waals surface area (Å²) >= 11 is 0. The topological polar surface area (TPSA) is 59.9 Å². The largest absolute Gasteiger partial charge is 0.490 e. The molecular weight excluding hydrogens is 319 g/mol. The number of nitrogens with one attached hydrogen (secondary N) is 1. The van der Waals surface area contributed by atoms with Crippen molar-refractivity contribution in [2.75, 3.05) is 11.9 Å². The van der Waals surface area contributed by atoms with Gasteiger partial charge in [-0.15, -0.1) is 0 Å². The molecular formula is C19H17FN4O. The van der Waals surface area contributed by atoms with Crippen molar-refractivity contribution in [2.45, 2.75) is 19.4 Å². The summed E-state index contributed by atoms with van der Waals surface area (Å²) in [4.78, 5) is 13.2. The fourth-order valence-electron chi connectivity index (χ4n) is 2.98. The Hall–Kier alpha value is -3.02. The van der Waals surface area contributed by atoms with Crippen LogP contribution in [0.2, 0.25) is 0 Å². The van der Waals surface area contributed by atoms with Gasteiger partial charge in [-0.2, -0.15) is 0 Å². The van der Waals surface area contributed by atoms with Gasteiger partial charge in [0.1, 0.15) is 5.82 Å². The molecule has 1 aliphatic rings.